The zero-order chi connectivity index (χ0) is 15.6. The van der Waals surface area contributed by atoms with Crippen molar-refractivity contribution >= 4 is 5.97 Å². The molecule has 0 aromatic carbocycles. The van der Waals surface area contributed by atoms with Crippen LogP contribution in [-0.2, 0) is 4.79 Å². The molecule has 0 spiro atoms. The van der Waals surface area contributed by atoms with Crippen molar-refractivity contribution in [2.45, 2.75) is 64.7 Å². The third-order valence-electron chi connectivity index (χ3n) is 2.97. The Morgan fingerprint density at radius 1 is 0.773 bits per heavy atom. The summed E-state index contributed by atoms with van der Waals surface area (Å²) in [6.07, 6.45) is 25.6. The minimum absolute atomic E-state index is 0. The smallest absolute Gasteiger partial charge is 0.550 e. The van der Waals surface area contributed by atoms with Gasteiger partial charge >= 0.3 is 29.6 Å². The molecule has 0 unspecified atom stereocenters. The monoisotopic (exact) mass is 312 g/mol. The normalized spacial score (nSPS) is 11.9. The van der Waals surface area contributed by atoms with Crippen LogP contribution in [0.4, 0.5) is 0 Å². The summed E-state index contributed by atoms with van der Waals surface area (Å²) in [6.45, 7) is 2.23. The maximum absolute atomic E-state index is 10.2. The van der Waals surface area contributed by atoms with E-state index in [0.29, 0.717) is 6.42 Å². The molecule has 0 aliphatic heterocycles. The Balaban J connectivity index is 0. The van der Waals surface area contributed by atoms with Crippen molar-refractivity contribution in [3.8, 4) is 0 Å². The van der Waals surface area contributed by atoms with Crippen molar-refractivity contribution in [3.63, 3.8) is 0 Å². The van der Waals surface area contributed by atoms with Gasteiger partial charge in [0, 0.05) is 5.97 Å². The molecule has 0 saturated carbocycles. The summed E-state index contributed by atoms with van der Waals surface area (Å²) in [6, 6.07) is 0. The molecule has 3 heteroatoms. The van der Waals surface area contributed by atoms with Crippen molar-refractivity contribution < 1.29 is 39.5 Å². The Morgan fingerprint density at radius 2 is 1.23 bits per heavy atom. The average Bonchev–Trinajstić information content (AvgIpc) is 2.46. The van der Waals surface area contributed by atoms with E-state index in [2.05, 4.69) is 43.4 Å². The molecule has 118 valence electrons. The Kier molecular flexibility index (Phi) is 22.0. The molecule has 0 atom stereocenters. The van der Waals surface area contributed by atoms with Crippen molar-refractivity contribution in [1.82, 2.24) is 0 Å². The van der Waals surface area contributed by atoms with Crippen LogP contribution in [0, 0.1) is 0 Å². The van der Waals surface area contributed by atoms with Crippen LogP contribution >= 0.6 is 0 Å². The summed E-state index contributed by atoms with van der Waals surface area (Å²) in [4.78, 5) is 10.2. The van der Waals surface area contributed by atoms with E-state index in [1.165, 1.54) is 25.7 Å². The fraction of sp³-hybridized carbons (Fsp3) is 0.526. The first kappa shape index (κ1) is 23.7. The number of carboxylic acid groups (broad SMARTS) is 1. The van der Waals surface area contributed by atoms with Gasteiger partial charge in [-0.25, -0.2) is 0 Å². The van der Waals surface area contributed by atoms with E-state index >= 15 is 0 Å². The number of carbonyl (C=O) groups is 1. The first-order valence-electron chi connectivity index (χ1n) is 8.07. The van der Waals surface area contributed by atoms with Crippen molar-refractivity contribution in [1.29, 1.82) is 0 Å². The molecule has 0 aliphatic rings. The Labute approximate surface area is 158 Å². The summed E-state index contributed by atoms with van der Waals surface area (Å²) >= 11 is 0. The summed E-state index contributed by atoms with van der Waals surface area (Å²) in [5.74, 6) is -0.986. The van der Waals surface area contributed by atoms with E-state index in [-0.39, 0.29) is 36.0 Å². The third-order valence-corrected chi connectivity index (χ3v) is 2.97. The van der Waals surface area contributed by atoms with Gasteiger partial charge in [0.1, 0.15) is 0 Å². The maximum atomic E-state index is 10.2. The molecule has 0 aromatic rings. The molecule has 0 heterocycles. The topological polar surface area (TPSA) is 40.1 Å². The summed E-state index contributed by atoms with van der Waals surface area (Å²) in [5.41, 5.74) is 0. The van der Waals surface area contributed by atoms with E-state index in [9.17, 15) is 9.90 Å². The largest absolute Gasteiger partial charge is 1.00 e. The Bertz CT molecular complexity index is 354. The van der Waals surface area contributed by atoms with Gasteiger partial charge in [-0.3, -0.25) is 0 Å². The number of aliphatic carboxylic acids is 1. The summed E-state index contributed by atoms with van der Waals surface area (Å²) in [7, 11) is 0. The molecular formula is C19H29NaO2. The van der Waals surface area contributed by atoms with Gasteiger partial charge in [0.05, 0.1) is 0 Å². The van der Waals surface area contributed by atoms with Crippen LogP contribution in [0.15, 0.2) is 48.6 Å². The van der Waals surface area contributed by atoms with Gasteiger partial charge in [0.25, 0.3) is 0 Å². The van der Waals surface area contributed by atoms with Crippen LogP contribution in [0.3, 0.4) is 0 Å². The average molecular weight is 312 g/mol. The van der Waals surface area contributed by atoms with Crippen LogP contribution in [0.5, 0.6) is 0 Å². The van der Waals surface area contributed by atoms with Crippen molar-refractivity contribution in [3.05, 3.63) is 48.6 Å². The number of unbranched alkanes of at least 4 members (excludes halogenated alkanes) is 3. The maximum Gasteiger partial charge on any atom is 1.00 e. The molecule has 0 aromatic heterocycles. The molecule has 0 N–H and O–H groups in total. The van der Waals surface area contributed by atoms with Gasteiger partial charge in [0.2, 0.25) is 0 Å². The van der Waals surface area contributed by atoms with Crippen LogP contribution in [0.2, 0.25) is 0 Å². The number of carboxylic acids is 1. The predicted molar refractivity (Wildman–Crippen MR) is 88.8 cm³/mol. The van der Waals surface area contributed by atoms with Crippen LogP contribution < -0.4 is 34.7 Å². The first-order valence-corrected chi connectivity index (χ1v) is 8.07. The van der Waals surface area contributed by atoms with E-state index in [1.807, 2.05) is 12.2 Å². The molecule has 0 radical (unpaired) electrons. The number of hydrogen-bond acceptors (Lipinski definition) is 2. The zero-order valence-corrected chi connectivity index (χ0v) is 16.3. The second-order valence-corrected chi connectivity index (χ2v) is 5.00. The number of carbonyl (C=O) groups excluding carboxylic acids is 1. The van der Waals surface area contributed by atoms with E-state index in [4.69, 9.17) is 0 Å². The van der Waals surface area contributed by atoms with Gasteiger partial charge < -0.3 is 9.90 Å². The van der Waals surface area contributed by atoms with Gasteiger partial charge in [-0.05, 0) is 44.9 Å². The Morgan fingerprint density at radius 3 is 1.68 bits per heavy atom. The molecule has 0 aliphatic carbocycles. The minimum Gasteiger partial charge on any atom is -0.550 e. The molecular weight excluding hydrogens is 283 g/mol. The fourth-order valence-corrected chi connectivity index (χ4v) is 1.76. The quantitative estimate of drug-likeness (QED) is 0.294. The van der Waals surface area contributed by atoms with Gasteiger partial charge in [0.15, 0.2) is 0 Å². The van der Waals surface area contributed by atoms with E-state index in [1.54, 1.807) is 0 Å². The molecule has 0 saturated heterocycles. The number of rotatable bonds is 13. The SMILES string of the molecule is CCCCC/C=C\C/C=C\C/C=C\C/C=C\CCC(=O)[O-].[Na+]. The summed E-state index contributed by atoms with van der Waals surface area (Å²) in [5, 5.41) is 10.2. The second-order valence-electron chi connectivity index (χ2n) is 5.00. The van der Waals surface area contributed by atoms with Gasteiger partial charge in [-0.2, -0.15) is 0 Å². The molecule has 22 heavy (non-hydrogen) atoms. The van der Waals surface area contributed by atoms with Crippen molar-refractivity contribution in [2.75, 3.05) is 0 Å². The number of allylic oxidation sites excluding steroid dienone is 8. The summed E-state index contributed by atoms with van der Waals surface area (Å²) < 4.78 is 0. The molecule has 0 rings (SSSR count). The van der Waals surface area contributed by atoms with E-state index in [0.717, 1.165) is 19.3 Å². The van der Waals surface area contributed by atoms with Gasteiger partial charge in [-0.15, -0.1) is 0 Å². The fourth-order valence-electron chi connectivity index (χ4n) is 1.76. The minimum atomic E-state index is -0.986. The number of hydrogen-bond donors (Lipinski definition) is 0. The molecule has 2 nitrogen and oxygen atoms in total. The second kappa shape index (κ2) is 20.4. The van der Waals surface area contributed by atoms with Gasteiger partial charge in [-0.1, -0.05) is 68.4 Å². The standard InChI is InChI=1S/C19H30O2.Na/c1-2-3-4-5-6-7-8-9-10-11-12-13-14-15-16-17-18-19(20)21;/h6-7,9-10,12-13,15-16H,2-5,8,11,14,17-18H2,1H3,(H,20,21);/q;+1/p-1/b7-6-,10-9-,13-12-,16-15-;. The van der Waals surface area contributed by atoms with E-state index < -0.39 is 5.97 Å². The van der Waals surface area contributed by atoms with Crippen LogP contribution in [-0.4, -0.2) is 5.97 Å². The first-order chi connectivity index (χ1) is 10.3. The predicted octanol–water partition coefficient (Wildman–Crippen LogP) is 1.50. The van der Waals surface area contributed by atoms with Crippen LogP contribution in [0.1, 0.15) is 64.7 Å². The Hall–Kier alpha value is -0.570. The zero-order valence-electron chi connectivity index (χ0n) is 14.3. The molecule has 0 bridgehead atoms. The molecule has 0 fully saturated rings. The third kappa shape index (κ3) is 21.7. The van der Waals surface area contributed by atoms with Crippen LogP contribution in [0.25, 0.3) is 0 Å². The molecule has 0 amide bonds. The van der Waals surface area contributed by atoms with Crippen molar-refractivity contribution in [2.24, 2.45) is 0 Å².